The summed E-state index contributed by atoms with van der Waals surface area (Å²) in [6, 6.07) is 7.74. The van der Waals surface area contributed by atoms with E-state index in [0.717, 1.165) is 12.1 Å². The van der Waals surface area contributed by atoms with Crippen molar-refractivity contribution in [3.8, 4) is 16.9 Å². The van der Waals surface area contributed by atoms with Crippen LogP contribution in [-0.4, -0.2) is 31.4 Å². The number of hydrogen-bond acceptors (Lipinski definition) is 3. The number of carboxylic acids is 1. The molecule has 4 nitrogen and oxygen atoms in total. The molecule has 2 aromatic carbocycles. The Bertz CT molecular complexity index is 864. The van der Waals surface area contributed by atoms with Crippen LogP contribution in [0.5, 0.6) is 5.75 Å². The third-order valence-electron chi connectivity index (χ3n) is 4.53. The van der Waals surface area contributed by atoms with E-state index in [-0.39, 0.29) is 29.9 Å². The molecule has 8 heteroatoms. The summed E-state index contributed by atoms with van der Waals surface area (Å²) in [4.78, 5) is 11.8. The van der Waals surface area contributed by atoms with Crippen LogP contribution in [0.2, 0.25) is 5.02 Å². The van der Waals surface area contributed by atoms with E-state index in [1.165, 1.54) is 19.2 Å². The summed E-state index contributed by atoms with van der Waals surface area (Å²) in [6.07, 6.45) is -4.07. The number of carboxylic acid groups (broad SMARTS) is 1. The van der Waals surface area contributed by atoms with Crippen molar-refractivity contribution in [3.05, 3.63) is 52.5 Å². The number of carbonyl (C=O) groups is 1. The summed E-state index contributed by atoms with van der Waals surface area (Å²) in [7, 11) is 1.51. The highest BCUT2D eigenvalue weighted by Crippen LogP contribution is 2.41. The molecule has 0 spiro atoms. The van der Waals surface area contributed by atoms with E-state index in [1.54, 1.807) is 12.1 Å². The highest BCUT2D eigenvalue weighted by atomic mass is 35.5. The lowest BCUT2D eigenvalue weighted by Crippen LogP contribution is -2.14. The van der Waals surface area contributed by atoms with Gasteiger partial charge in [-0.05, 0) is 47.7 Å². The molecule has 0 saturated carbocycles. The number of methoxy groups -OCH3 is 1. The number of halogens is 4. The molecule has 30 heavy (non-hydrogen) atoms. The maximum absolute atomic E-state index is 12.9. The topological polar surface area (TPSA) is 55.8 Å². The number of rotatable bonds is 9. The Morgan fingerprint density at radius 1 is 1.13 bits per heavy atom. The molecule has 0 bridgehead atoms. The van der Waals surface area contributed by atoms with Crippen LogP contribution in [0.1, 0.15) is 37.3 Å². The van der Waals surface area contributed by atoms with Crippen LogP contribution >= 0.6 is 11.6 Å². The summed E-state index contributed by atoms with van der Waals surface area (Å²) in [5, 5.41) is 9.87. The van der Waals surface area contributed by atoms with Gasteiger partial charge in [-0.25, -0.2) is 0 Å². The van der Waals surface area contributed by atoms with Crippen LogP contribution in [0.3, 0.4) is 0 Å². The molecule has 1 unspecified atom stereocenters. The smallest absolute Gasteiger partial charge is 0.416 e. The lowest BCUT2D eigenvalue weighted by atomic mass is 9.88. The Morgan fingerprint density at radius 3 is 2.27 bits per heavy atom. The van der Waals surface area contributed by atoms with E-state index in [2.05, 4.69) is 0 Å². The maximum Gasteiger partial charge on any atom is 0.416 e. The van der Waals surface area contributed by atoms with Crippen molar-refractivity contribution >= 4 is 17.6 Å². The van der Waals surface area contributed by atoms with Crippen LogP contribution in [0.15, 0.2) is 36.4 Å². The number of ether oxygens (including phenoxy) is 2. The fourth-order valence-electron chi connectivity index (χ4n) is 3.09. The predicted molar refractivity (Wildman–Crippen MR) is 109 cm³/mol. The Kier molecular flexibility index (Phi) is 8.15. The van der Waals surface area contributed by atoms with Crippen molar-refractivity contribution in [2.45, 2.75) is 32.4 Å². The average molecular weight is 445 g/mol. The molecule has 0 aliphatic heterocycles. The fraction of sp³-hybridized carbons (Fsp3) is 0.409. The summed E-state index contributed by atoms with van der Waals surface area (Å²) >= 11 is 6.41. The molecule has 2 rings (SSSR count). The largest absolute Gasteiger partial charge is 0.489 e. The van der Waals surface area contributed by atoms with Crippen molar-refractivity contribution in [1.82, 2.24) is 0 Å². The molecule has 0 fully saturated rings. The standard InChI is InChI=1S/C22H24ClF3O4/c1-13(2)10-18(21(27)28)15-11-17(20(19(23)12-15)30-9-8-29-3)14-4-6-16(7-5-14)22(24,25)26/h4-7,11-13,18H,8-10H2,1-3H3,(H,27,28). The second kappa shape index (κ2) is 10.2. The average Bonchev–Trinajstić information content (AvgIpc) is 2.66. The van der Waals surface area contributed by atoms with Gasteiger partial charge in [-0.2, -0.15) is 13.2 Å². The van der Waals surface area contributed by atoms with Gasteiger partial charge in [-0.15, -0.1) is 0 Å². The first-order valence-corrected chi connectivity index (χ1v) is 9.78. The number of benzene rings is 2. The van der Waals surface area contributed by atoms with Gasteiger partial charge in [0.2, 0.25) is 0 Å². The lowest BCUT2D eigenvalue weighted by Gasteiger charge is -2.20. The third-order valence-corrected chi connectivity index (χ3v) is 4.81. The molecule has 0 radical (unpaired) electrons. The summed E-state index contributed by atoms with van der Waals surface area (Å²) in [5.74, 6) is -1.40. The first-order valence-electron chi connectivity index (χ1n) is 9.40. The highest BCUT2D eigenvalue weighted by Gasteiger charge is 2.30. The van der Waals surface area contributed by atoms with Gasteiger partial charge in [0.1, 0.15) is 12.4 Å². The zero-order valence-electron chi connectivity index (χ0n) is 16.9. The minimum absolute atomic E-state index is 0.122. The van der Waals surface area contributed by atoms with Crippen molar-refractivity contribution < 1.29 is 32.5 Å². The van der Waals surface area contributed by atoms with Gasteiger partial charge >= 0.3 is 12.1 Å². The second-order valence-electron chi connectivity index (χ2n) is 7.32. The molecule has 2 aromatic rings. The van der Waals surface area contributed by atoms with Crippen molar-refractivity contribution in [2.24, 2.45) is 5.92 Å². The molecule has 0 aliphatic carbocycles. The van der Waals surface area contributed by atoms with Gasteiger partial charge in [-0.3, -0.25) is 4.79 Å². The molecule has 164 valence electrons. The molecule has 0 saturated heterocycles. The Morgan fingerprint density at radius 2 is 1.77 bits per heavy atom. The normalized spacial score (nSPS) is 12.8. The Labute approximate surface area is 178 Å². The van der Waals surface area contributed by atoms with Gasteiger partial charge in [0, 0.05) is 12.7 Å². The molecule has 0 aromatic heterocycles. The number of aliphatic carboxylic acids is 1. The fourth-order valence-corrected chi connectivity index (χ4v) is 3.38. The molecular weight excluding hydrogens is 421 g/mol. The van der Waals surface area contributed by atoms with E-state index in [4.69, 9.17) is 21.1 Å². The molecule has 0 amide bonds. The first kappa shape index (κ1) is 24.0. The summed E-state index contributed by atoms with van der Waals surface area (Å²) in [5.41, 5.74) is 0.555. The lowest BCUT2D eigenvalue weighted by molar-refractivity contribution is -0.139. The van der Waals surface area contributed by atoms with E-state index < -0.39 is 23.6 Å². The van der Waals surface area contributed by atoms with Crippen LogP contribution in [0, 0.1) is 5.92 Å². The van der Waals surface area contributed by atoms with E-state index >= 15 is 0 Å². The number of alkyl halides is 3. The van der Waals surface area contributed by atoms with Crippen LogP contribution in [0.25, 0.3) is 11.1 Å². The quantitative estimate of drug-likeness (QED) is 0.463. The zero-order valence-corrected chi connectivity index (χ0v) is 17.7. The summed E-state index contributed by atoms with van der Waals surface area (Å²) in [6.45, 7) is 4.29. The highest BCUT2D eigenvalue weighted by molar-refractivity contribution is 6.32. The molecule has 0 aliphatic rings. The van der Waals surface area contributed by atoms with E-state index in [0.29, 0.717) is 23.1 Å². The van der Waals surface area contributed by atoms with Crippen molar-refractivity contribution in [2.75, 3.05) is 20.3 Å². The van der Waals surface area contributed by atoms with Gasteiger partial charge in [0.25, 0.3) is 0 Å². The molecule has 0 heterocycles. The zero-order chi connectivity index (χ0) is 22.5. The van der Waals surface area contributed by atoms with Crippen molar-refractivity contribution in [1.29, 1.82) is 0 Å². The Hall–Kier alpha value is -2.25. The SMILES string of the molecule is COCCOc1c(Cl)cc(C(CC(C)C)C(=O)O)cc1-c1ccc(C(F)(F)F)cc1. The molecular formula is C22H24ClF3O4. The van der Waals surface area contributed by atoms with Gasteiger partial charge in [0.15, 0.2) is 0 Å². The molecule has 1 atom stereocenters. The summed E-state index contributed by atoms with van der Waals surface area (Å²) < 4.78 is 49.5. The molecule has 1 N–H and O–H groups in total. The van der Waals surface area contributed by atoms with Gasteiger partial charge < -0.3 is 14.6 Å². The van der Waals surface area contributed by atoms with Gasteiger partial charge in [-0.1, -0.05) is 37.6 Å². The van der Waals surface area contributed by atoms with E-state index in [9.17, 15) is 23.1 Å². The van der Waals surface area contributed by atoms with Crippen LogP contribution < -0.4 is 4.74 Å². The number of hydrogen-bond donors (Lipinski definition) is 1. The van der Waals surface area contributed by atoms with Crippen molar-refractivity contribution in [3.63, 3.8) is 0 Å². The first-order chi connectivity index (χ1) is 14.0. The monoisotopic (exact) mass is 444 g/mol. The third kappa shape index (κ3) is 6.12. The minimum atomic E-state index is -4.46. The second-order valence-corrected chi connectivity index (χ2v) is 7.72. The predicted octanol–water partition coefficient (Wildman–Crippen LogP) is 6.27. The van der Waals surface area contributed by atoms with E-state index in [1.807, 2.05) is 13.8 Å². The minimum Gasteiger partial charge on any atom is -0.489 e. The van der Waals surface area contributed by atoms with Crippen LogP contribution in [0.4, 0.5) is 13.2 Å². The Balaban J connectivity index is 2.58. The van der Waals surface area contributed by atoms with Gasteiger partial charge in [0.05, 0.1) is 23.1 Å². The van der Waals surface area contributed by atoms with Crippen LogP contribution in [-0.2, 0) is 15.7 Å². The maximum atomic E-state index is 12.9.